The van der Waals surface area contributed by atoms with Crippen molar-refractivity contribution >= 4 is 21.8 Å². The molecule has 1 amide bonds. The van der Waals surface area contributed by atoms with E-state index in [9.17, 15) is 4.79 Å². The van der Waals surface area contributed by atoms with Crippen molar-refractivity contribution in [2.45, 2.75) is 0 Å². The Morgan fingerprint density at radius 2 is 2.43 bits per heavy atom. The normalized spacial score (nSPS) is 9.21. The molecule has 1 aromatic heterocycles. The van der Waals surface area contributed by atoms with Crippen LogP contribution >= 0.6 is 15.9 Å². The zero-order chi connectivity index (χ0) is 10.6. The van der Waals surface area contributed by atoms with Gasteiger partial charge < -0.3 is 4.90 Å². The maximum atomic E-state index is 11.6. The zero-order valence-electron chi connectivity index (χ0n) is 7.70. The van der Waals surface area contributed by atoms with Crippen LogP contribution in [0.25, 0.3) is 0 Å². The Morgan fingerprint density at radius 1 is 1.71 bits per heavy atom. The summed E-state index contributed by atoms with van der Waals surface area (Å²) in [5.74, 6) is 2.23. The predicted octanol–water partition coefficient (Wildman–Crippen LogP) is 1.55. The minimum atomic E-state index is -0.171. The van der Waals surface area contributed by atoms with E-state index in [0.717, 1.165) is 4.47 Å². The summed E-state index contributed by atoms with van der Waals surface area (Å²) >= 11 is 3.24. The SMILES string of the molecule is C#CCN(C)C(=O)c1ccc(Br)cn1. The highest BCUT2D eigenvalue weighted by atomic mass is 79.9. The van der Waals surface area contributed by atoms with Crippen LogP contribution in [0.4, 0.5) is 0 Å². The lowest BCUT2D eigenvalue weighted by atomic mass is 10.3. The minimum Gasteiger partial charge on any atom is -0.329 e. The van der Waals surface area contributed by atoms with Crippen molar-refractivity contribution < 1.29 is 4.79 Å². The summed E-state index contributed by atoms with van der Waals surface area (Å²) in [6, 6.07) is 3.42. The standard InChI is InChI=1S/C10H9BrN2O/c1-3-6-13(2)10(14)9-5-4-8(11)7-12-9/h1,4-5,7H,6H2,2H3. The number of carbonyl (C=O) groups excluding carboxylic acids is 1. The molecule has 1 rings (SSSR count). The first-order chi connectivity index (χ1) is 6.65. The van der Waals surface area contributed by atoms with E-state index >= 15 is 0 Å². The number of terminal acetylenes is 1. The highest BCUT2D eigenvalue weighted by molar-refractivity contribution is 9.10. The number of nitrogens with zero attached hydrogens (tertiary/aromatic N) is 2. The third kappa shape index (κ3) is 2.57. The second-order valence-corrected chi connectivity index (χ2v) is 3.64. The molecule has 0 saturated carbocycles. The van der Waals surface area contributed by atoms with Gasteiger partial charge in [0.05, 0.1) is 6.54 Å². The fourth-order valence-electron chi connectivity index (χ4n) is 0.907. The number of hydrogen-bond acceptors (Lipinski definition) is 2. The van der Waals surface area contributed by atoms with Crippen LogP contribution in [0.1, 0.15) is 10.5 Å². The molecule has 0 aliphatic carbocycles. The zero-order valence-corrected chi connectivity index (χ0v) is 9.28. The van der Waals surface area contributed by atoms with Crippen molar-refractivity contribution in [2.75, 3.05) is 13.6 Å². The third-order valence-corrected chi connectivity index (χ3v) is 2.09. The molecule has 1 heterocycles. The lowest BCUT2D eigenvalue weighted by molar-refractivity contribution is 0.0807. The maximum Gasteiger partial charge on any atom is 0.272 e. The van der Waals surface area contributed by atoms with Gasteiger partial charge in [-0.1, -0.05) is 5.92 Å². The van der Waals surface area contributed by atoms with Crippen molar-refractivity contribution in [3.63, 3.8) is 0 Å². The number of carbonyl (C=O) groups is 1. The van der Waals surface area contributed by atoms with Gasteiger partial charge in [0, 0.05) is 17.7 Å². The lowest BCUT2D eigenvalue weighted by Crippen LogP contribution is -2.27. The Labute approximate surface area is 91.3 Å². The van der Waals surface area contributed by atoms with Crippen molar-refractivity contribution in [1.29, 1.82) is 0 Å². The first-order valence-corrected chi connectivity index (χ1v) is 4.75. The molecule has 0 fully saturated rings. The van der Waals surface area contributed by atoms with Crippen LogP contribution in [-0.4, -0.2) is 29.4 Å². The van der Waals surface area contributed by atoms with Crippen molar-refractivity contribution in [1.82, 2.24) is 9.88 Å². The molecule has 0 N–H and O–H groups in total. The molecule has 4 heteroatoms. The van der Waals surface area contributed by atoms with Crippen molar-refractivity contribution in [2.24, 2.45) is 0 Å². The summed E-state index contributed by atoms with van der Waals surface area (Å²) in [6.07, 6.45) is 6.68. The highest BCUT2D eigenvalue weighted by Crippen LogP contribution is 2.08. The smallest absolute Gasteiger partial charge is 0.272 e. The van der Waals surface area contributed by atoms with Gasteiger partial charge in [-0.3, -0.25) is 4.79 Å². The van der Waals surface area contributed by atoms with Gasteiger partial charge in [-0.05, 0) is 28.1 Å². The van der Waals surface area contributed by atoms with Crippen LogP contribution in [0.15, 0.2) is 22.8 Å². The lowest BCUT2D eigenvalue weighted by Gasteiger charge is -2.12. The molecular formula is C10H9BrN2O. The van der Waals surface area contributed by atoms with E-state index in [1.54, 1.807) is 25.4 Å². The number of pyridine rings is 1. The topological polar surface area (TPSA) is 33.2 Å². The summed E-state index contributed by atoms with van der Waals surface area (Å²) in [4.78, 5) is 17.0. The average Bonchev–Trinajstić information content (AvgIpc) is 2.18. The van der Waals surface area contributed by atoms with E-state index in [-0.39, 0.29) is 12.5 Å². The average molecular weight is 253 g/mol. The summed E-state index contributed by atoms with van der Waals surface area (Å²) in [7, 11) is 1.64. The Bertz CT molecular complexity index is 367. The number of aromatic nitrogens is 1. The molecule has 0 spiro atoms. The van der Waals surface area contributed by atoms with Gasteiger partial charge in [0.1, 0.15) is 5.69 Å². The molecule has 1 aromatic rings. The largest absolute Gasteiger partial charge is 0.329 e. The summed E-state index contributed by atoms with van der Waals surface area (Å²) in [5, 5.41) is 0. The number of amides is 1. The van der Waals surface area contributed by atoms with Crippen LogP contribution in [0.5, 0.6) is 0 Å². The van der Waals surface area contributed by atoms with E-state index in [2.05, 4.69) is 26.8 Å². The third-order valence-electron chi connectivity index (χ3n) is 1.62. The predicted molar refractivity (Wildman–Crippen MR) is 57.7 cm³/mol. The first-order valence-electron chi connectivity index (χ1n) is 3.95. The van der Waals surface area contributed by atoms with E-state index < -0.39 is 0 Å². The summed E-state index contributed by atoms with van der Waals surface area (Å²) in [5.41, 5.74) is 0.394. The van der Waals surface area contributed by atoms with Crippen LogP contribution in [0.3, 0.4) is 0 Å². The van der Waals surface area contributed by atoms with Gasteiger partial charge in [0.15, 0.2) is 0 Å². The molecule has 0 aliphatic heterocycles. The maximum absolute atomic E-state index is 11.6. The second-order valence-electron chi connectivity index (χ2n) is 2.73. The fraction of sp³-hybridized carbons (Fsp3) is 0.200. The molecule has 0 unspecified atom stereocenters. The van der Waals surface area contributed by atoms with Gasteiger partial charge in [-0.25, -0.2) is 4.98 Å². The van der Waals surface area contributed by atoms with Gasteiger partial charge >= 0.3 is 0 Å². The molecule has 0 bridgehead atoms. The van der Waals surface area contributed by atoms with Crippen LogP contribution < -0.4 is 0 Å². The first kappa shape index (κ1) is 10.7. The van der Waals surface area contributed by atoms with Crippen LogP contribution in [-0.2, 0) is 0 Å². The quantitative estimate of drug-likeness (QED) is 0.749. The van der Waals surface area contributed by atoms with Gasteiger partial charge in [-0.2, -0.15) is 0 Å². The fourth-order valence-corrected chi connectivity index (χ4v) is 1.14. The number of rotatable bonds is 2. The van der Waals surface area contributed by atoms with E-state index in [1.807, 2.05) is 0 Å². The Hall–Kier alpha value is -1.34. The molecule has 0 radical (unpaired) electrons. The molecule has 3 nitrogen and oxygen atoms in total. The Morgan fingerprint density at radius 3 is 2.93 bits per heavy atom. The van der Waals surface area contributed by atoms with E-state index in [1.165, 1.54) is 4.90 Å². The Kier molecular flexibility index (Phi) is 3.66. The Balaban J connectivity index is 2.80. The molecule has 14 heavy (non-hydrogen) atoms. The number of hydrogen-bond donors (Lipinski definition) is 0. The molecule has 0 atom stereocenters. The number of halogens is 1. The summed E-state index contributed by atoms with van der Waals surface area (Å²) < 4.78 is 0.841. The van der Waals surface area contributed by atoms with Gasteiger partial charge in [0.2, 0.25) is 0 Å². The minimum absolute atomic E-state index is 0.171. The monoisotopic (exact) mass is 252 g/mol. The van der Waals surface area contributed by atoms with Crippen LogP contribution in [0.2, 0.25) is 0 Å². The second kappa shape index (κ2) is 4.77. The molecule has 72 valence electrons. The molecule has 0 aliphatic rings. The van der Waals surface area contributed by atoms with Crippen LogP contribution in [0, 0.1) is 12.3 Å². The van der Waals surface area contributed by atoms with E-state index in [0.29, 0.717) is 5.69 Å². The molecular weight excluding hydrogens is 244 g/mol. The van der Waals surface area contributed by atoms with Gasteiger partial charge in [0.25, 0.3) is 5.91 Å². The molecule has 0 saturated heterocycles. The highest BCUT2D eigenvalue weighted by Gasteiger charge is 2.11. The summed E-state index contributed by atoms with van der Waals surface area (Å²) in [6.45, 7) is 0.288. The van der Waals surface area contributed by atoms with Gasteiger partial charge in [-0.15, -0.1) is 6.42 Å². The molecule has 0 aromatic carbocycles. The van der Waals surface area contributed by atoms with Crippen molar-refractivity contribution in [3.8, 4) is 12.3 Å². The van der Waals surface area contributed by atoms with E-state index in [4.69, 9.17) is 6.42 Å². The van der Waals surface area contributed by atoms with Crippen molar-refractivity contribution in [3.05, 3.63) is 28.5 Å².